The van der Waals surface area contributed by atoms with Crippen LogP contribution in [0, 0.1) is 17.0 Å². The molecule has 0 saturated heterocycles. The Bertz CT molecular complexity index is 1690. The van der Waals surface area contributed by atoms with Crippen molar-refractivity contribution in [1.82, 2.24) is 25.1 Å². The molecule has 3 heterocycles. The normalized spacial score (nSPS) is 21.4. The van der Waals surface area contributed by atoms with Crippen molar-refractivity contribution in [2.45, 2.75) is 43.8 Å². The Hall–Kier alpha value is -3.66. The van der Waals surface area contributed by atoms with E-state index >= 15 is 0 Å². The van der Waals surface area contributed by atoms with Gasteiger partial charge in [-0.25, -0.2) is 22.2 Å². The standard InChI is InChI=1S/C28H25F2N5O2S/c1-27(2)18-10-11-28(27,26-17(18)12-22(34-35-26)25-19(29)7-5-8-20(25)30)24-14-31-13-23(33-24)21-9-4-6-16(32-21)15-38(3,36)37/h4-9,12-14,18H,10-11,15H2,1-3H3/t18-,28-/m0/s1. The average molecular weight is 534 g/mol. The molecule has 1 saturated carbocycles. The topological polar surface area (TPSA) is 98.6 Å². The summed E-state index contributed by atoms with van der Waals surface area (Å²) in [4.78, 5) is 14.0. The van der Waals surface area contributed by atoms with Gasteiger partial charge in [-0.1, -0.05) is 26.0 Å². The van der Waals surface area contributed by atoms with Crippen molar-refractivity contribution in [2.24, 2.45) is 5.41 Å². The van der Waals surface area contributed by atoms with Gasteiger partial charge in [-0.3, -0.25) is 9.97 Å². The second kappa shape index (κ2) is 8.42. The van der Waals surface area contributed by atoms with E-state index in [-0.39, 0.29) is 28.3 Å². The number of fused-ring (bicyclic) bond motifs is 5. The molecule has 38 heavy (non-hydrogen) atoms. The SMILES string of the molecule is CC1(C)[C@H]2CC[C@]1(c1cncc(-c3cccc(CS(C)(=O)=O)n3)n1)c1nnc(-c3c(F)cccc3F)cc12. The lowest BCUT2D eigenvalue weighted by atomic mass is 9.66. The molecule has 1 aromatic carbocycles. The van der Waals surface area contributed by atoms with E-state index in [1.807, 2.05) is 0 Å². The van der Waals surface area contributed by atoms with E-state index in [0.29, 0.717) is 17.1 Å². The Morgan fingerprint density at radius 1 is 0.947 bits per heavy atom. The molecular weight excluding hydrogens is 508 g/mol. The fourth-order valence-electron chi connectivity index (χ4n) is 6.42. The predicted octanol–water partition coefficient (Wildman–Crippen LogP) is 5.02. The fraction of sp³-hybridized carbons (Fsp3) is 0.321. The Morgan fingerprint density at radius 3 is 2.42 bits per heavy atom. The maximum absolute atomic E-state index is 14.5. The van der Waals surface area contributed by atoms with Crippen molar-refractivity contribution in [1.29, 1.82) is 0 Å². The quantitative estimate of drug-likeness (QED) is 0.355. The Balaban J connectivity index is 1.47. The molecule has 2 aliphatic carbocycles. The zero-order chi connectivity index (χ0) is 26.9. The van der Waals surface area contributed by atoms with Crippen LogP contribution in [0.1, 0.15) is 55.3 Å². The molecule has 0 amide bonds. The molecular formula is C28H25F2N5O2S. The molecule has 0 spiro atoms. The monoisotopic (exact) mass is 533 g/mol. The van der Waals surface area contributed by atoms with Crippen LogP contribution in [-0.4, -0.2) is 39.8 Å². The summed E-state index contributed by atoms with van der Waals surface area (Å²) in [5, 5.41) is 8.84. The van der Waals surface area contributed by atoms with Crippen LogP contribution in [-0.2, 0) is 21.0 Å². The van der Waals surface area contributed by atoms with Crippen LogP contribution in [0.25, 0.3) is 22.6 Å². The first-order valence-electron chi connectivity index (χ1n) is 12.3. The minimum absolute atomic E-state index is 0.100. The van der Waals surface area contributed by atoms with Crippen LogP contribution in [0.4, 0.5) is 8.78 Å². The number of benzene rings is 1. The van der Waals surface area contributed by atoms with Crippen LogP contribution in [0.2, 0.25) is 0 Å². The fourth-order valence-corrected chi connectivity index (χ4v) is 7.12. The molecule has 1 fully saturated rings. The van der Waals surface area contributed by atoms with Crippen molar-refractivity contribution in [2.75, 3.05) is 6.26 Å². The summed E-state index contributed by atoms with van der Waals surface area (Å²) in [5.41, 5.74) is 2.96. The summed E-state index contributed by atoms with van der Waals surface area (Å²) in [6, 6.07) is 10.7. The molecule has 0 radical (unpaired) electrons. The van der Waals surface area contributed by atoms with Crippen LogP contribution >= 0.6 is 0 Å². The first-order chi connectivity index (χ1) is 18.0. The van der Waals surface area contributed by atoms with Gasteiger partial charge in [0.25, 0.3) is 0 Å². The van der Waals surface area contributed by atoms with Crippen LogP contribution in [0.15, 0.2) is 54.9 Å². The van der Waals surface area contributed by atoms with Gasteiger partial charge < -0.3 is 0 Å². The molecule has 2 atom stereocenters. The summed E-state index contributed by atoms with van der Waals surface area (Å²) < 4.78 is 52.6. The van der Waals surface area contributed by atoms with Crippen molar-refractivity contribution in [3.8, 4) is 22.6 Å². The number of halogens is 2. The molecule has 6 rings (SSSR count). The van der Waals surface area contributed by atoms with Gasteiger partial charge in [-0.2, -0.15) is 5.10 Å². The van der Waals surface area contributed by atoms with Crippen molar-refractivity contribution < 1.29 is 17.2 Å². The van der Waals surface area contributed by atoms with E-state index in [2.05, 4.69) is 34.0 Å². The van der Waals surface area contributed by atoms with E-state index < -0.39 is 26.9 Å². The van der Waals surface area contributed by atoms with Gasteiger partial charge in [-0.05, 0) is 60.1 Å². The highest BCUT2D eigenvalue weighted by atomic mass is 32.2. The minimum atomic E-state index is -3.24. The molecule has 10 heteroatoms. The third-order valence-corrected chi connectivity index (χ3v) is 8.97. The second-order valence-electron chi connectivity index (χ2n) is 10.7. The second-order valence-corrected chi connectivity index (χ2v) is 12.9. The van der Waals surface area contributed by atoms with E-state index in [1.165, 1.54) is 24.5 Å². The van der Waals surface area contributed by atoms with Gasteiger partial charge in [0.15, 0.2) is 9.84 Å². The third-order valence-electron chi connectivity index (χ3n) is 8.15. The molecule has 3 aromatic heterocycles. The molecule has 7 nitrogen and oxygen atoms in total. The van der Waals surface area contributed by atoms with E-state index in [0.717, 1.165) is 29.8 Å². The number of aromatic nitrogens is 5. The number of nitrogens with zero attached hydrogens (tertiary/aromatic N) is 5. The Morgan fingerprint density at radius 2 is 1.68 bits per heavy atom. The highest BCUT2D eigenvalue weighted by molar-refractivity contribution is 7.89. The molecule has 0 N–H and O–H groups in total. The van der Waals surface area contributed by atoms with Gasteiger partial charge >= 0.3 is 0 Å². The maximum Gasteiger partial charge on any atom is 0.153 e. The molecule has 2 bridgehead atoms. The van der Waals surface area contributed by atoms with Crippen LogP contribution in [0.3, 0.4) is 0 Å². The van der Waals surface area contributed by atoms with E-state index in [9.17, 15) is 17.2 Å². The van der Waals surface area contributed by atoms with Gasteiger partial charge in [-0.15, -0.1) is 5.10 Å². The Kier molecular flexibility index (Phi) is 5.47. The summed E-state index contributed by atoms with van der Waals surface area (Å²) in [6.07, 6.45) is 6.15. The van der Waals surface area contributed by atoms with Gasteiger partial charge in [0.05, 0.1) is 51.4 Å². The first kappa shape index (κ1) is 24.7. The largest absolute Gasteiger partial charge is 0.260 e. The number of hydrogen-bond acceptors (Lipinski definition) is 7. The van der Waals surface area contributed by atoms with Crippen molar-refractivity contribution >= 4 is 9.84 Å². The van der Waals surface area contributed by atoms with Gasteiger partial charge in [0.2, 0.25) is 0 Å². The summed E-state index contributed by atoms with van der Waals surface area (Å²) in [6.45, 7) is 4.32. The maximum atomic E-state index is 14.5. The van der Waals surface area contributed by atoms with Crippen LogP contribution in [0.5, 0.6) is 0 Å². The van der Waals surface area contributed by atoms with Gasteiger partial charge in [0.1, 0.15) is 17.3 Å². The lowest BCUT2D eigenvalue weighted by Crippen LogP contribution is -2.38. The summed E-state index contributed by atoms with van der Waals surface area (Å²) in [5.74, 6) is -1.43. The number of sulfone groups is 1. The predicted molar refractivity (Wildman–Crippen MR) is 138 cm³/mol. The molecule has 194 valence electrons. The molecule has 2 aliphatic rings. The van der Waals surface area contributed by atoms with E-state index in [4.69, 9.17) is 4.98 Å². The van der Waals surface area contributed by atoms with Gasteiger partial charge in [0, 0.05) is 12.5 Å². The Labute approximate surface area is 219 Å². The van der Waals surface area contributed by atoms with Crippen LogP contribution < -0.4 is 0 Å². The molecule has 4 aromatic rings. The number of hydrogen-bond donors (Lipinski definition) is 0. The van der Waals surface area contributed by atoms with E-state index in [1.54, 1.807) is 36.7 Å². The summed E-state index contributed by atoms with van der Waals surface area (Å²) in [7, 11) is -3.24. The smallest absolute Gasteiger partial charge is 0.153 e. The first-order valence-corrected chi connectivity index (χ1v) is 14.4. The lowest BCUT2D eigenvalue weighted by Gasteiger charge is -2.37. The number of pyridine rings is 1. The average Bonchev–Trinajstić information content (AvgIpc) is 3.24. The lowest BCUT2D eigenvalue weighted by molar-refractivity contribution is 0.242. The molecule has 0 unspecified atom stereocenters. The zero-order valence-corrected chi connectivity index (χ0v) is 21.9. The third kappa shape index (κ3) is 3.65. The zero-order valence-electron chi connectivity index (χ0n) is 21.1. The highest BCUT2D eigenvalue weighted by Gasteiger charge is 2.65. The van der Waals surface area contributed by atoms with Crippen molar-refractivity contribution in [3.63, 3.8) is 0 Å². The molecule has 0 aliphatic heterocycles. The van der Waals surface area contributed by atoms with Crippen molar-refractivity contribution in [3.05, 3.63) is 89.1 Å². The highest BCUT2D eigenvalue weighted by Crippen LogP contribution is 2.69. The number of rotatable bonds is 5. The minimum Gasteiger partial charge on any atom is -0.260 e. The summed E-state index contributed by atoms with van der Waals surface area (Å²) >= 11 is 0.